The van der Waals surface area contributed by atoms with Gasteiger partial charge in [-0.15, -0.1) is 22.7 Å². The van der Waals surface area contributed by atoms with Crippen LogP contribution in [0, 0.1) is 0 Å². The molecule has 2 aliphatic rings. The van der Waals surface area contributed by atoms with Gasteiger partial charge < -0.3 is 18.8 Å². The molecule has 15 aromatic carbocycles. The molecular weight excluding hydrogens is 1260 g/mol. The number of aromatic nitrogens is 2. The topological polar surface area (TPSA) is 22.3 Å². The van der Waals surface area contributed by atoms with E-state index in [0.717, 1.165) is 143 Å². The zero-order valence-electron chi connectivity index (χ0n) is 63.1. The van der Waals surface area contributed by atoms with Crippen molar-refractivity contribution >= 4 is 147 Å². The molecule has 4 nitrogen and oxygen atoms in total. The third-order valence-electron chi connectivity index (χ3n) is 21.1. The third-order valence-corrected chi connectivity index (χ3v) is 23.3. The number of nitrogens with zero attached hydrogens (tertiary/aromatic N) is 3. The quantitative estimate of drug-likeness (QED) is 0.142. The number of fused-ring (bicyclic) bond motifs is 16. The number of para-hydroxylation sites is 4. The Hall–Kier alpha value is -12.0. The predicted molar refractivity (Wildman–Crippen MR) is 433 cm³/mol. The summed E-state index contributed by atoms with van der Waals surface area (Å²) in [6.45, 7) is 6.24. The Balaban J connectivity index is 0.884. The lowest BCUT2D eigenvalue weighted by Gasteiger charge is -2.41. The third kappa shape index (κ3) is 8.80. The molecular formula is C94H62BN3OS2. The number of hydrogen-bond acceptors (Lipinski definition) is 4. The summed E-state index contributed by atoms with van der Waals surface area (Å²) in [5, 5.41) is 8.14. The number of ether oxygens (including phenoxy) is 1. The summed E-state index contributed by atoms with van der Waals surface area (Å²) in [4.78, 5) is 2.42. The molecule has 0 atom stereocenters. The van der Waals surface area contributed by atoms with E-state index in [0.29, 0.717) is 32.7 Å². The monoisotopic (exact) mass is 1330 g/mol. The van der Waals surface area contributed by atoms with Crippen molar-refractivity contribution < 1.29 is 15.7 Å². The summed E-state index contributed by atoms with van der Waals surface area (Å²) in [5.41, 5.74) is 21.4. The standard InChI is InChI=1S/C94H62BN3OS2/c1-94(2,3)61-47-49-62(50-48-61)96-80-52-46-59(89-68(69-33-22-44-88-91(69)73-30-12-18-43-87(73)100-88)31-20-40-81(89)97-76-36-13-7-25-63(76)64-26-8-14-37-77(64)97)53-75(80)95-74-51-45-58(57-23-5-4-6-24-57)55-84(74)99-85-56-60(54-83(96)92(85)95)90-70(72-35-19-34-71-67-29-11-17-42-86(67)101-93(71)72)32-21-41-82(90)98-78-38-15-9-27-65(78)66-28-10-16-39-79(66)98/h4-56H,1-3H3/i4D,5D,6D,11D,17D,23D,29D,42D. The second kappa shape index (κ2) is 22.3. The van der Waals surface area contributed by atoms with Crippen LogP contribution in [0.15, 0.2) is 321 Å². The molecule has 0 saturated heterocycles. The first-order valence-corrected chi connectivity index (χ1v) is 35.9. The summed E-state index contributed by atoms with van der Waals surface area (Å²) in [6, 6.07) is 95.8. The van der Waals surface area contributed by atoms with Crippen LogP contribution < -0.4 is 26.0 Å². The van der Waals surface area contributed by atoms with Crippen LogP contribution in [0.5, 0.6) is 11.5 Å². The summed E-state index contributed by atoms with van der Waals surface area (Å²) in [5.74, 6) is 1.14. The number of anilines is 3. The smallest absolute Gasteiger partial charge is 0.256 e. The summed E-state index contributed by atoms with van der Waals surface area (Å²) in [6.07, 6.45) is 0. The van der Waals surface area contributed by atoms with Gasteiger partial charge in [-0.2, -0.15) is 0 Å². The van der Waals surface area contributed by atoms with Crippen LogP contribution in [0.1, 0.15) is 37.3 Å². The molecule has 4 aromatic heterocycles. The SMILES string of the molecule is [2H]c1cc(-c2ccc3c(c2)Oc2cc(-c4c(-c5cccc6c5sc5c([2H])c([2H])c([2H])c([2H])c56)cccc4-n4c5ccccc5c5ccccc54)cc4c2B3c2cc(-c3c(-c5cccc6sc7ccccc7c56)cccc3-n3c5ccccc5c5ccccc53)ccc2N4c2ccc(C(C)(C)C)cc2)c([2H])c([2H])c1[2H]. The van der Waals surface area contributed by atoms with Gasteiger partial charge in [0, 0.05) is 95.6 Å². The highest BCUT2D eigenvalue weighted by atomic mass is 32.1. The predicted octanol–water partition coefficient (Wildman–Crippen LogP) is 24.7. The maximum atomic E-state index is 9.35. The Kier molecular flexibility index (Phi) is 11.1. The van der Waals surface area contributed by atoms with Crippen molar-refractivity contribution in [3.05, 3.63) is 327 Å². The van der Waals surface area contributed by atoms with Crippen molar-refractivity contribution in [2.75, 3.05) is 4.90 Å². The molecule has 21 rings (SSSR count). The van der Waals surface area contributed by atoms with Gasteiger partial charge in [-0.1, -0.05) is 251 Å². The fraction of sp³-hybridized carbons (Fsp3) is 0.0426. The van der Waals surface area contributed by atoms with Crippen LogP contribution in [0.4, 0.5) is 17.1 Å². The molecule has 0 N–H and O–H groups in total. The minimum Gasteiger partial charge on any atom is -0.458 e. The zero-order valence-corrected chi connectivity index (χ0v) is 56.8. The molecule has 0 unspecified atom stereocenters. The van der Waals surface area contributed by atoms with Crippen molar-refractivity contribution in [2.24, 2.45) is 0 Å². The van der Waals surface area contributed by atoms with Gasteiger partial charge in [0.05, 0.1) is 44.4 Å². The molecule has 101 heavy (non-hydrogen) atoms. The number of rotatable bonds is 8. The molecule has 0 bridgehead atoms. The van der Waals surface area contributed by atoms with Gasteiger partial charge in [-0.3, -0.25) is 0 Å². The number of hydrogen-bond donors (Lipinski definition) is 0. The minimum atomic E-state index is -0.490. The number of thiophene rings is 2. The molecule has 0 aliphatic carbocycles. The second-order valence-electron chi connectivity index (χ2n) is 27.6. The summed E-state index contributed by atoms with van der Waals surface area (Å²) < 4.78 is 88.4. The molecule has 19 aromatic rings. The molecule has 0 fully saturated rings. The average molecular weight is 1330 g/mol. The van der Waals surface area contributed by atoms with Gasteiger partial charge in [-0.25, -0.2) is 0 Å². The Morgan fingerprint density at radius 2 is 0.921 bits per heavy atom. The van der Waals surface area contributed by atoms with Crippen molar-refractivity contribution in [3.63, 3.8) is 0 Å². The Morgan fingerprint density at radius 1 is 0.356 bits per heavy atom. The molecule has 0 saturated carbocycles. The molecule has 2 aliphatic heterocycles. The van der Waals surface area contributed by atoms with Crippen LogP contribution in [-0.2, 0) is 5.41 Å². The average Bonchev–Trinajstić information content (AvgIpc) is 0.841. The second-order valence-corrected chi connectivity index (χ2v) is 29.7. The first-order chi connectivity index (χ1) is 53.1. The summed E-state index contributed by atoms with van der Waals surface area (Å²) >= 11 is 3.20. The van der Waals surface area contributed by atoms with E-state index in [1.54, 1.807) is 0 Å². The van der Waals surface area contributed by atoms with E-state index in [9.17, 15) is 4.11 Å². The van der Waals surface area contributed by atoms with E-state index >= 15 is 0 Å². The normalized spacial score (nSPS) is 13.9. The maximum absolute atomic E-state index is 9.35. The van der Waals surface area contributed by atoms with Crippen LogP contribution >= 0.6 is 22.7 Å². The Labute approximate surface area is 604 Å². The van der Waals surface area contributed by atoms with Crippen molar-refractivity contribution in [3.8, 4) is 78.5 Å². The van der Waals surface area contributed by atoms with Crippen LogP contribution in [0.25, 0.3) is 151 Å². The van der Waals surface area contributed by atoms with Gasteiger partial charge in [0.2, 0.25) is 0 Å². The largest absolute Gasteiger partial charge is 0.458 e. The van der Waals surface area contributed by atoms with Crippen molar-refractivity contribution in [1.82, 2.24) is 9.13 Å². The van der Waals surface area contributed by atoms with Crippen LogP contribution in [-0.4, -0.2) is 15.8 Å². The van der Waals surface area contributed by atoms with Crippen LogP contribution in [0.3, 0.4) is 0 Å². The van der Waals surface area contributed by atoms with Crippen molar-refractivity contribution in [1.29, 1.82) is 0 Å². The fourth-order valence-electron chi connectivity index (χ4n) is 16.6. The van der Waals surface area contributed by atoms with Gasteiger partial charge >= 0.3 is 0 Å². The number of benzene rings is 15. The Morgan fingerprint density at radius 3 is 1.62 bits per heavy atom. The van der Waals surface area contributed by atoms with Gasteiger partial charge in [0.25, 0.3) is 6.71 Å². The minimum absolute atomic E-state index is 0.0699. The first-order valence-electron chi connectivity index (χ1n) is 38.2. The molecule has 7 heteroatoms. The lowest BCUT2D eigenvalue weighted by atomic mass is 9.34. The van der Waals surface area contributed by atoms with E-state index in [1.807, 2.05) is 35.6 Å². The van der Waals surface area contributed by atoms with Crippen LogP contribution in [0.2, 0.25) is 0 Å². The summed E-state index contributed by atoms with van der Waals surface area (Å²) in [7, 11) is 0. The maximum Gasteiger partial charge on any atom is 0.256 e. The van der Waals surface area contributed by atoms with E-state index in [4.69, 9.17) is 11.6 Å². The molecule has 474 valence electrons. The first kappa shape index (κ1) is 50.4. The van der Waals surface area contributed by atoms with E-state index in [-0.39, 0.29) is 53.8 Å². The Bertz CT molecular complexity index is 7100. The van der Waals surface area contributed by atoms with Gasteiger partial charge in [0.1, 0.15) is 11.5 Å². The zero-order chi connectivity index (χ0) is 73.7. The van der Waals surface area contributed by atoms with E-state index in [2.05, 4.69) is 277 Å². The molecule has 0 spiro atoms. The van der Waals surface area contributed by atoms with Crippen molar-refractivity contribution in [2.45, 2.75) is 26.2 Å². The fourth-order valence-corrected chi connectivity index (χ4v) is 18.9. The highest BCUT2D eigenvalue weighted by Crippen LogP contribution is 2.52. The van der Waals surface area contributed by atoms with E-state index < -0.39 is 6.71 Å². The van der Waals surface area contributed by atoms with Gasteiger partial charge in [-0.05, 0) is 157 Å². The highest BCUT2D eigenvalue weighted by Gasteiger charge is 2.43. The van der Waals surface area contributed by atoms with E-state index in [1.165, 1.54) is 43.1 Å². The molecule has 0 radical (unpaired) electrons. The molecule has 6 heterocycles. The lowest BCUT2D eigenvalue weighted by Crippen LogP contribution is -2.59. The lowest BCUT2D eigenvalue weighted by molar-refractivity contribution is 0.488. The highest BCUT2D eigenvalue weighted by molar-refractivity contribution is 7.26. The molecule has 0 amide bonds. The van der Waals surface area contributed by atoms with Gasteiger partial charge in [0.15, 0.2) is 0 Å².